The number of benzene rings is 1. The molecule has 2 rings (SSSR count). The molecule has 2 unspecified atom stereocenters. The van der Waals surface area contributed by atoms with Crippen LogP contribution in [0.15, 0.2) is 18.2 Å². The number of rotatable bonds is 5. The van der Waals surface area contributed by atoms with Crippen molar-refractivity contribution < 1.29 is 33.0 Å². The van der Waals surface area contributed by atoms with Crippen LogP contribution in [0.5, 0.6) is 11.5 Å². The third-order valence-electron chi connectivity index (χ3n) is 4.04. The number of methoxy groups -OCH3 is 1. The summed E-state index contributed by atoms with van der Waals surface area (Å²) in [4.78, 5) is 25.4. The standard InChI is InChI=1S/C16H19F2NO5/c1-9-5-6-19(11(7-9)15(21)22)14(20)10-3-4-12(24-16(17)18)13(8-10)23-2/h3-4,8-9,11,16H,5-7H2,1-2H3,(H,21,22). The number of hydrogen-bond acceptors (Lipinski definition) is 4. The maximum atomic E-state index is 12.6. The van der Waals surface area contributed by atoms with Gasteiger partial charge in [-0.2, -0.15) is 8.78 Å². The molecule has 0 bridgehead atoms. The molecule has 0 aliphatic carbocycles. The number of carboxylic acid groups (broad SMARTS) is 1. The third kappa shape index (κ3) is 3.93. The first-order valence-electron chi connectivity index (χ1n) is 7.50. The van der Waals surface area contributed by atoms with Crippen LogP contribution in [0.2, 0.25) is 0 Å². The van der Waals surface area contributed by atoms with E-state index in [1.165, 1.54) is 30.2 Å². The minimum atomic E-state index is -3.01. The van der Waals surface area contributed by atoms with Crippen molar-refractivity contribution in [1.29, 1.82) is 0 Å². The molecule has 132 valence electrons. The van der Waals surface area contributed by atoms with Crippen molar-refractivity contribution in [2.45, 2.75) is 32.4 Å². The Hall–Kier alpha value is -2.38. The van der Waals surface area contributed by atoms with Gasteiger partial charge in [0.1, 0.15) is 6.04 Å². The molecule has 0 saturated carbocycles. The van der Waals surface area contributed by atoms with E-state index in [9.17, 15) is 23.5 Å². The van der Waals surface area contributed by atoms with E-state index in [2.05, 4.69) is 4.74 Å². The largest absolute Gasteiger partial charge is 0.493 e. The second kappa shape index (κ2) is 7.46. The van der Waals surface area contributed by atoms with E-state index in [1.807, 2.05) is 6.92 Å². The Morgan fingerprint density at radius 1 is 1.33 bits per heavy atom. The predicted octanol–water partition coefficient (Wildman–Crippen LogP) is 2.62. The Labute approximate surface area is 138 Å². The van der Waals surface area contributed by atoms with Crippen molar-refractivity contribution in [3.05, 3.63) is 23.8 Å². The molecule has 24 heavy (non-hydrogen) atoms. The molecule has 1 saturated heterocycles. The highest BCUT2D eigenvalue weighted by atomic mass is 19.3. The molecule has 1 heterocycles. The zero-order chi connectivity index (χ0) is 17.9. The number of piperidine rings is 1. The molecule has 1 aromatic carbocycles. The van der Waals surface area contributed by atoms with Gasteiger partial charge in [-0.3, -0.25) is 4.79 Å². The number of halogens is 2. The molecule has 1 fully saturated rings. The first-order chi connectivity index (χ1) is 11.3. The predicted molar refractivity (Wildman–Crippen MR) is 80.5 cm³/mol. The average Bonchev–Trinajstić information content (AvgIpc) is 2.54. The fourth-order valence-corrected chi connectivity index (χ4v) is 2.78. The summed E-state index contributed by atoms with van der Waals surface area (Å²) in [6.45, 7) is -0.744. The second-order valence-corrected chi connectivity index (χ2v) is 5.73. The van der Waals surface area contributed by atoms with Crippen molar-refractivity contribution in [2.24, 2.45) is 5.92 Å². The summed E-state index contributed by atoms with van der Waals surface area (Å²) in [6.07, 6.45) is 1.09. The van der Waals surface area contributed by atoms with E-state index in [0.29, 0.717) is 19.4 Å². The number of alkyl halides is 2. The normalized spacial score (nSPS) is 20.8. The minimum absolute atomic E-state index is 0.0154. The van der Waals surface area contributed by atoms with Crippen molar-refractivity contribution >= 4 is 11.9 Å². The maximum absolute atomic E-state index is 12.6. The smallest absolute Gasteiger partial charge is 0.387 e. The first kappa shape index (κ1) is 18.0. The average molecular weight is 343 g/mol. The van der Waals surface area contributed by atoms with Gasteiger partial charge in [0.05, 0.1) is 7.11 Å². The van der Waals surface area contributed by atoms with Gasteiger partial charge in [-0.15, -0.1) is 0 Å². The summed E-state index contributed by atoms with van der Waals surface area (Å²) in [6, 6.07) is 2.90. The molecular formula is C16H19F2NO5. The molecule has 2 atom stereocenters. The summed E-state index contributed by atoms with van der Waals surface area (Å²) in [5.74, 6) is -1.52. The van der Waals surface area contributed by atoms with Crippen LogP contribution in [0.1, 0.15) is 30.1 Å². The molecular weight excluding hydrogens is 324 g/mol. The molecule has 1 aliphatic rings. The van der Waals surface area contributed by atoms with Crippen LogP contribution in [0, 0.1) is 5.92 Å². The van der Waals surface area contributed by atoms with E-state index in [4.69, 9.17) is 4.74 Å². The van der Waals surface area contributed by atoms with Gasteiger partial charge >= 0.3 is 12.6 Å². The Balaban J connectivity index is 2.26. The van der Waals surface area contributed by atoms with Gasteiger partial charge in [0, 0.05) is 12.1 Å². The van der Waals surface area contributed by atoms with Crippen LogP contribution < -0.4 is 9.47 Å². The lowest BCUT2D eigenvalue weighted by Crippen LogP contribution is -2.49. The van der Waals surface area contributed by atoms with E-state index < -0.39 is 24.5 Å². The van der Waals surface area contributed by atoms with Gasteiger partial charge in [-0.1, -0.05) is 6.92 Å². The fourth-order valence-electron chi connectivity index (χ4n) is 2.78. The number of aliphatic carboxylic acids is 1. The highest BCUT2D eigenvalue weighted by Gasteiger charge is 2.35. The van der Waals surface area contributed by atoms with Crippen LogP contribution in [0.4, 0.5) is 8.78 Å². The van der Waals surface area contributed by atoms with E-state index in [-0.39, 0.29) is 23.0 Å². The summed E-state index contributed by atoms with van der Waals surface area (Å²) < 4.78 is 34.0. The number of nitrogens with zero attached hydrogens (tertiary/aromatic N) is 1. The van der Waals surface area contributed by atoms with Crippen LogP contribution in [-0.2, 0) is 4.79 Å². The fraction of sp³-hybridized carbons (Fsp3) is 0.500. The zero-order valence-corrected chi connectivity index (χ0v) is 13.4. The lowest BCUT2D eigenvalue weighted by molar-refractivity contribution is -0.144. The van der Waals surface area contributed by atoms with Crippen molar-refractivity contribution in [1.82, 2.24) is 4.90 Å². The molecule has 1 aliphatic heterocycles. The maximum Gasteiger partial charge on any atom is 0.387 e. The van der Waals surface area contributed by atoms with Crippen molar-refractivity contribution in [3.63, 3.8) is 0 Å². The molecule has 0 aromatic heterocycles. The quantitative estimate of drug-likeness (QED) is 0.889. The molecule has 0 radical (unpaired) electrons. The summed E-state index contributed by atoms with van der Waals surface area (Å²) >= 11 is 0. The van der Waals surface area contributed by atoms with Gasteiger partial charge in [0.15, 0.2) is 11.5 Å². The summed E-state index contributed by atoms with van der Waals surface area (Å²) in [5.41, 5.74) is 0.161. The molecule has 0 spiro atoms. The van der Waals surface area contributed by atoms with E-state index in [0.717, 1.165) is 0 Å². The number of carbonyl (C=O) groups excluding carboxylic acids is 1. The van der Waals surface area contributed by atoms with Crippen LogP contribution >= 0.6 is 0 Å². The van der Waals surface area contributed by atoms with Gasteiger partial charge in [0.2, 0.25) is 0 Å². The topological polar surface area (TPSA) is 76.1 Å². The second-order valence-electron chi connectivity index (χ2n) is 5.73. The number of hydrogen-bond donors (Lipinski definition) is 1. The summed E-state index contributed by atoms with van der Waals surface area (Å²) in [5, 5.41) is 9.34. The Morgan fingerprint density at radius 3 is 2.62 bits per heavy atom. The number of likely N-dealkylation sites (tertiary alicyclic amines) is 1. The summed E-state index contributed by atoms with van der Waals surface area (Å²) in [7, 11) is 1.27. The van der Waals surface area contributed by atoms with Crippen molar-refractivity contribution in [3.8, 4) is 11.5 Å². The third-order valence-corrected chi connectivity index (χ3v) is 4.04. The molecule has 1 aromatic rings. The minimum Gasteiger partial charge on any atom is -0.493 e. The Morgan fingerprint density at radius 2 is 2.04 bits per heavy atom. The SMILES string of the molecule is COc1cc(C(=O)N2CCC(C)CC2C(=O)O)ccc1OC(F)F. The molecule has 1 N–H and O–H groups in total. The number of carboxylic acids is 1. The number of ether oxygens (including phenoxy) is 2. The van der Waals surface area contributed by atoms with Gasteiger partial charge < -0.3 is 19.5 Å². The van der Waals surface area contributed by atoms with Crippen LogP contribution in [-0.4, -0.2) is 48.2 Å². The number of carbonyl (C=O) groups is 2. The first-order valence-corrected chi connectivity index (χ1v) is 7.50. The van der Waals surface area contributed by atoms with Gasteiger partial charge in [-0.25, -0.2) is 4.79 Å². The van der Waals surface area contributed by atoms with Crippen molar-refractivity contribution in [2.75, 3.05) is 13.7 Å². The molecule has 6 nitrogen and oxygen atoms in total. The molecule has 1 amide bonds. The van der Waals surface area contributed by atoms with E-state index in [1.54, 1.807) is 0 Å². The monoisotopic (exact) mass is 343 g/mol. The van der Waals surface area contributed by atoms with E-state index >= 15 is 0 Å². The Bertz CT molecular complexity index is 622. The van der Waals surface area contributed by atoms with Gasteiger partial charge in [0.25, 0.3) is 5.91 Å². The zero-order valence-electron chi connectivity index (χ0n) is 13.4. The number of amides is 1. The van der Waals surface area contributed by atoms with Crippen LogP contribution in [0.3, 0.4) is 0 Å². The molecule has 8 heteroatoms. The van der Waals surface area contributed by atoms with Crippen LogP contribution in [0.25, 0.3) is 0 Å². The highest BCUT2D eigenvalue weighted by molar-refractivity contribution is 5.97. The Kier molecular flexibility index (Phi) is 5.58. The lowest BCUT2D eigenvalue weighted by atomic mass is 9.92. The lowest BCUT2D eigenvalue weighted by Gasteiger charge is -2.36. The van der Waals surface area contributed by atoms with Gasteiger partial charge in [-0.05, 0) is 37.0 Å². The highest BCUT2D eigenvalue weighted by Crippen LogP contribution is 2.31.